The molecule has 0 unspecified atom stereocenters. The van der Waals surface area contributed by atoms with Crippen molar-refractivity contribution in [3.63, 3.8) is 0 Å². The fraction of sp³-hybridized carbons (Fsp3) is 0. The van der Waals surface area contributed by atoms with Crippen LogP contribution in [0.5, 0.6) is 0 Å². The Labute approximate surface area is 151 Å². The number of halogens is 1. The van der Waals surface area contributed by atoms with Crippen LogP contribution in [0, 0.1) is 0 Å². The lowest BCUT2D eigenvalue weighted by molar-refractivity contribution is 0.0697. The van der Waals surface area contributed by atoms with Gasteiger partial charge in [-0.3, -0.25) is 4.79 Å². The van der Waals surface area contributed by atoms with Crippen LogP contribution in [0.1, 0.15) is 25.8 Å². The van der Waals surface area contributed by atoms with Crippen LogP contribution in [-0.2, 0) is 0 Å². The van der Waals surface area contributed by atoms with Gasteiger partial charge in [0, 0.05) is 5.56 Å². The van der Waals surface area contributed by atoms with Crippen LogP contribution in [0.2, 0.25) is 5.02 Å². The molecule has 0 spiro atoms. The third kappa shape index (κ3) is 3.96. The maximum atomic E-state index is 11.7. The number of rotatable bonds is 5. The Kier molecular flexibility index (Phi) is 4.97. The highest BCUT2D eigenvalue weighted by molar-refractivity contribution is 7.12. The fourth-order valence-electron chi connectivity index (χ4n) is 2.04. The maximum absolute atomic E-state index is 11.7. The quantitative estimate of drug-likeness (QED) is 0.519. The first kappa shape index (κ1) is 16.9. The summed E-state index contributed by atoms with van der Waals surface area (Å²) in [5, 5.41) is 14.8. The second-order valence-corrected chi connectivity index (χ2v) is 6.23. The van der Waals surface area contributed by atoms with Crippen LogP contribution in [0.15, 0.2) is 57.4 Å². The maximum Gasteiger partial charge on any atom is 0.337 e. The largest absolute Gasteiger partial charge is 0.478 e. The van der Waals surface area contributed by atoms with Crippen LogP contribution in [-0.4, -0.2) is 23.2 Å². The van der Waals surface area contributed by atoms with E-state index in [4.69, 9.17) is 21.1 Å². The van der Waals surface area contributed by atoms with Gasteiger partial charge in [-0.25, -0.2) is 10.2 Å². The molecule has 0 radical (unpaired) electrons. The van der Waals surface area contributed by atoms with E-state index in [9.17, 15) is 9.59 Å². The van der Waals surface area contributed by atoms with Crippen LogP contribution < -0.4 is 5.43 Å². The third-order valence-electron chi connectivity index (χ3n) is 3.21. The van der Waals surface area contributed by atoms with Gasteiger partial charge in [0.1, 0.15) is 11.5 Å². The minimum absolute atomic E-state index is 0.0232. The van der Waals surface area contributed by atoms with E-state index >= 15 is 0 Å². The normalized spacial score (nSPS) is 10.9. The minimum atomic E-state index is -1.09. The molecule has 126 valence electrons. The van der Waals surface area contributed by atoms with Crippen LogP contribution in [0.3, 0.4) is 0 Å². The molecule has 0 atom stereocenters. The molecule has 6 nitrogen and oxygen atoms in total. The Morgan fingerprint density at radius 2 is 2.08 bits per heavy atom. The van der Waals surface area contributed by atoms with Gasteiger partial charge < -0.3 is 9.52 Å². The summed E-state index contributed by atoms with van der Waals surface area (Å²) in [5.74, 6) is -0.454. The van der Waals surface area contributed by atoms with Crippen molar-refractivity contribution in [2.24, 2.45) is 5.10 Å². The zero-order valence-corrected chi connectivity index (χ0v) is 14.2. The molecule has 2 aromatic heterocycles. The Morgan fingerprint density at radius 1 is 1.24 bits per heavy atom. The monoisotopic (exact) mass is 374 g/mol. The number of amides is 1. The molecule has 0 fully saturated rings. The number of carbonyl (C=O) groups excluding carboxylic acids is 1. The summed E-state index contributed by atoms with van der Waals surface area (Å²) < 4.78 is 5.59. The van der Waals surface area contributed by atoms with E-state index in [2.05, 4.69) is 10.5 Å². The summed E-state index contributed by atoms with van der Waals surface area (Å²) in [4.78, 5) is 23.3. The number of thiophene rings is 1. The summed E-state index contributed by atoms with van der Waals surface area (Å²) in [6, 6.07) is 11.4. The minimum Gasteiger partial charge on any atom is -0.478 e. The van der Waals surface area contributed by atoms with Crippen molar-refractivity contribution in [2.45, 2.75) is 0 Å². The SMILES string of the molecule is O=C(N/N=C\c1ccc(-c2ccc(C(=O)O)c(Cl)c2)o1)c1cccs1. The van der Waals surface area contributed by atoms with Crippen molar-refractivity contribution < 1.29 is 19.1 Å². The van der Waals surface area contributed by atoms with Crippen molar-refractivity contribution in [2.75, 3.05) is 0 Å². The lowest BCUT2D eigenvalue weighted by atomic mass is 10.1. The number of furan rings is 1. The van der Waals surface area contributed by atoms with E-state index in [1.807, 2.05) is 0 Å². The standard InChI is InChI=1S/C17H11ClN2O4S/c18-13-8-10(3-5-12(13)17(22)23)14-6-4-11(24-14)9-19-20-16(21)15-2-1-7-25-15/h1-9H,(H,20,21)(H,22,23)/b19-9-. The molecule has 0 aliphatic rings. The number of carboxylic acids is 1. The Bertz CT molecular complexity index is 947. The highest BCUT2D eigenvalue weighted by Gasteiger charge is 2.11. The molecule has 0 saturated carbocycles. The second-order valence-electron chi connectivity index (χ2n) is 4.88. The molecule has 0 bridgehead atoms. The molecule has 0 aliphatic heterocycles. The number of aromatic carboxylic acids is 1. The van der Waals surface area contributed by atoms with Crippen molar-refractivity contribution in [1.82, 2.24) is 5.43 Å². The predicted molar refractivity (Wildman–Crippen MR) is 95.5 cm³/mol. The highest BCUT2D eigenvalue weighted by Crippen LogP contribution is 2.27. The molecule has 0 aliphatic carbocycles. The molecule has 3 rings (SSSR count). The number of nitrogens with zero attached hydrogens (tertiary/aromatic N) is 1. The number of carboxylic acid groups (broad SMARTS) is 1. The molecule has 3 aromatic rings. The first-order valence-corrected chi connectivity index (χ1v) is 8.30. The van der Waals surface area contributed by atoms with E-state index in [1.165, 1.54) is 29.7 Å². The molecular weight excluding hydrogens is 364 g/mol. The summed E-state index contributed by atoms with van der Waals surface area (Å²) in [7, 11) is 0. The Balaban J connectivity index is 1.70. The Hall–Kier alpha value is -2.90. The van der Waals surface area contributed by atoms with Gasteiger partial charge in [-0.05, 0) is 35.7 Å². The summed E-state index contributed by atoms with van der Waals surface area (Å²) in [5.41, 5.74) is 3.07. The molecule has 1 amide bonds. The van der Waals surface area contributed by atoms with Gasteiger partial charge in [0.05, 0.1) is 21.7 Å². The van der Waals surface area contributed by atoms with Crippen molar-refractivity contribution in [1.29, 1.82) is 0 Å². The lowest BCUT2D eigenvalue weighted by Crippen LogP contribution is -2.15. The summed E-state index contributed by atoms with van der Waals surface area (Å²) in [6.45, 7) is 0. The predicted octanol–water partition coefficient (Wildman–Crippen LogP) is 4.12. The molecule has 1 aromatic carbocycles. The van der Waals surface area contributed by atoms with E-state index in [-0.39, 0.29) is 16.5 Å². The Morgan fingerprint density at radius 3 is 2.76 bits per heavy atom. The zero-order valence-electron chi connectivity index (χ0n) is 12.6. The second kappa shape index (κ2) is 7.33. The van der Waals surface area contributed by atoms with E-state index in [0.29, 0.717) is 22.0 Å². The molecule has 8 heteroatoms. The van der Waals surface area contributed by atoms with E-state index in [1.54, 1.807) is 35.7 Å². The number of hydrazone groups is 1. The van der Waals surface area contributed by atoms with Gasteiger partial charge in [-0.2, -0.15) is 5.10 Å². The molecule has 25 heavy (non-hydrogen) atoms. The molecule has 0 saturated heterocycles. The van der Waals surface area contributed by atoms with Crippen LogP contribution in [0.4, 0.5) is 0 Å². The van der Waals surface area contributed by atoms with Crippen molar-refractivity contribution in [3.8, 4) is 11.3 Å². The van der Waals surface area contributed by atoms with Gasteiger partial charge in [0.25, 0.3) is 5.91 Å². The third-order valence-corrected chi connectivity index (χ3v) is 4.39. The van der Waals surface area contributed by atoms with Gasteiger partial charge >= 0.3 is 5.97 Å². The molecule has 2 heterocycles. The topological polar surface area (TPSA) is 91.9 Å². The van der Waals surface area contributed by atoms with Crippen molar-refractivity contribution in [3.05, 3.63) is 69.1 Å². The number of benzene rings is 1. The number of hydrogen-bond donors (Lipinski definition) is 2. The van der Waals surface area contributed by atoms with Crippen molar-refractivity contribution >= 4 is 41.0 Å². The van der Waals surface area contributed by atoms with Crippen LogP contribution >= 0.6 is 22.9 Å². The van der Waals surface area contributed by atoms with Gasteiger partial charge in [-0.1, -0.05) is 23.7 Å². The van der Waals surface area contributed by atoms with Gasteiger partial charge in [0.2, 0.25) is 0 Å². The average molecular weight is 375 g/mol. The number of nitrogens with one attached hydrogen (secondary N) is 1. The first-order valence-electron chi connectivity index (χ1n) is 7.04. The smallest absolute Gasteiger partial charge is 0.337 e. The van der Waals surface area contributed by atoms with Gasteiger partial charge in [0.15, 0.2) is 0 Å². The lowest BCUT2D eigenvalue weighted by Gasteiger charge is -2.01. The molecule has 2 N–H and O–H groups in total. The average Bonchev–Trinajstić information content (AvgIpc) is 3.26. The van der Waals surface area contributed by atoms with Gasteiger partial charge in [-0.15, -0.1) is 11.3 Å². The zero-order chi connectivity index (χ0) is 17.8. The summed E-state index contributed by atoms with van der Waals surface area (Å²) in [6.07, 6.45) is 1.38. The summed E-state index contributed by atoms with van der Waals surface area (Å²) >= 11 is 7.27. The highest BCUT2D eigenvalue weighted by atomic mass is 35.5. The fourth-order valence-corrected chi connectivity index (χ4v) is 2.91. The van der Waals surface area contributed by atoms with E-state index < -0.39 is 5.97 Å². The van der Waals surface area contributed by atoms with Crippen LogP contribution in [0.25, 0.3) is 11.3 Å². The first-order chi connectivity index (χ1) is 12.0. The number of hydrogen-bond acceptors (Lipinski definition) is 5. The number of carbonyl (C=O) groups is 2. The van der Waals surface area contributed by atoms with E-state index in [0.717, 1.165) is 0 Å². The molecular formula is C17H11ClN2O4S.